The van der Waals surface area contributed by atoms with Gasteiger partial charge in [0.05, 0.1) is 22.8 Å². The van der Waals surface area contributed by atoms with Crippen LogP contribution in [0.2, 0.25) is 0 Å². The van der Waals surface area contributed by atoms with E-state index < -0.39 is 16.4 Å². The number of nitrogens with zero attached hydrogens (tertiary/aromatic N) is 4. The van der Waals surface area contributed by atoms with E-state index in [1.54, 1.807) is 6.20 Å². The fourth-order valence-electron chi connectivity index (χ4n) is 4.59. The van der Waals surface area contributed by atoms with E-state index in [0.717, 1.165) is 28.1 Å². The molecule has 4 aromatic rings. The number of halogens is 2. The Morgan fingerprint density at radius 2 is 2.00 bits per heavy atom. The van der Waals surface area contributed by atoms with Crippen LogP contribution in [0.5, 0.6) is 0 Å². The zero-order chi connectivity index (χ0) is 23.2. The molecular formula is C23H23F2N5O2S. The normalized spacial score (nSPS) is 19.6. The van der Waals surface area contributed by atoms with Gasteiger partial charge in [-0.25, -0.2) is 17.2 Å². The maximum absolute atomic E-state index is 13.2. The average molecular weight is 472 g/mol. The van der Waals surface area contributed by atoms with E-state index in [2.05, 4.69) is 15.3 Å². The summed E-state index contributed by atoms with van der Waals surface area (Å²) in [6, 6.07) is 10.9. The molecule has 0 radical (unpaired) electrons. The molecule has 2 aromatic heterocycles. The van der Waals surface area contributed by atoms with E-state index in [1.807, 2.05) is 42.2 Å². The molecular weight excluding hydrogens is 448 g/mol. The van der Waals surface area contributed by atoms with Crippen LogP contribution in [0.15, 0.2) is 66.0 Å². The first-order chi connectivity index (χ1) is 15.8. The van der Waals surface area contributed by atoms with Crippen LogP contribution in [0, 0.1) is 5.92 Å². The summed E-state index contributed by atoms with van der Waals surface area (Å²) in [5.74, 6) is 0.0599. The molecule has 10 heteroatoms. The number of aromatic amines is 1. The Hall–Kier alpha value is -3.11. The highest BCUT2D eigenvalue weighted by molar-refractivity contribution is 7.89. The third kappa shape index (κ3) is 4.04. The lowest BCUT2D eigenvalue weighted by atomic mass is 10.1. The molecule has 0 amide bonds. The van der Waals surface area contributed by atoms with E-state index in [-0.39, 0.29) is 22.4 Å². The molecule has 5 rings (SSSR count). The molecule has 1 aliphatic rings. The standard InChI is InChI=1S/C23H23F2N5O2S/c1-15-7-16(14-30(15)33(31,32)21-4-2-3-18(9-21)23(24)25)13-29-22-6-5-17(8-19(22)12-28-29)20-10-26-27-11-20/h2-6,8-12,15-16,23H,7,13-14H2,1H3,(H,26,27)/t15-,16?/m0/s1. The Morgan fingerprint density at radius 1 is 1.15 bits per heavy atom. The van der Waals surface area contributed by atoms with Crippen LogP contribution in [0.3, 0.4) is 0 Å². The highest BCUT2D eigenvalue weighted by Crippen LogP contribution is 2.32. The minimum atomic E-state index is -3.87. The first-order valence-corrected chi connectivity index (χ1v) is 12.1. The molecule has 0 spiro atoms. The van der Waals surface area contributed by atoms with Crippen molar-refractivity contribution in [3.63, 3.8) is 0 Å². The zero-order valence-electron chi connectivity index (χ0n) is 17.9. The number of alkyl halides is 2. The number of hydrogen-bond acceptors (Lipinski definition) is 4. The highest BCUT2D eigenvalue weighted by Gasteiger charge is 2.38. The zero-order valence-corrected chi connectivity index (χ0v) is 18.7. The van der Waals surface area contributed by atoms with Gasteiger partial charge in [-0.2, -0.15) is 14.5 Å². The summed E-state index contributed by atoms with van der Waals surface area (Å²) in [7, 11) is -3.87. The van der Waals surface area contributed by atoms with Crippen LogP contribution in [-0.4, -0.2) is 45.3 Å². The van der Waals surface area contributed by atoms with Gasteiger partial charge in [0.25, 0.3) is 6.43 Å². The molecule has 3 heterocycles. The van der Waals surface area contributed by atoms with Gasteiger partial charge in [-0.15, -0.1) is 0 Å². The Morgan fingerprint density at radius 3 is 2.76 bits per heavy atom. The first-order valence-electron chi connectivity index (χ1n) is 10.7. The van der Waals surface area contributed by atoms with Crippen molar-refractivity contribution in [2.75, 3.05) is 6.54 Å². The lowest BCUT2D eigenvalue weighted by Crippen LogP contribution is -2.34. The number of aromatic nitrogens is 4. The third-order valence-electron chi connectivity index (χ3n) is 6.23. The summed E-state index contributed by atoms with van der Waals surface area (Å²) in [6.45, 7) is 2.74. The maximum Gasteiger partial charge on any atom is 0.263 e. The van der Waals surface area contributed by atoms with Crippen molar-refractivity contribution >= 4 is 20.9 Å². The molecule has 0 aliphatic carbocycles. The van der Waals surface area contributed by atoms with Crippen LogP contribution in [0.25, 0.3) is 22.0 Å². The molecule has 172 valence electrons. The molecule has 33 heavy (non-hydrogen) atoms. The van der Waals surface area contributed by atoms with Crippen molar-refractivity contribution in [1.29, 1.82) is 0 Å². The Kier molecular flexibility index (Phi) is 5.49. The number of fused-ring (bicyclic) bond motifs is 1. The maximum atomic E-state index is 13.2. The summed E-state index contributed by atoms with van der Waals surface area (Å²) < 4.78 is 55.8. The van der Waals surface area contributed by atoms with Crippen molar-refractivity contribution in [3.8, 4) is 11.1 Å². The van der Waals surface area contributed by atoms with Crippen molar-refractivity contribution in [3.05, 3.63) is 66.6 Å². The predicted octanol–water partition coefficient (Wildman–Crippen LogP) is 4.46. The second-order valence-corrected chi connectivity index (χ2v) is 10.4. The number of sulfonamides is 1. The lowest BCUT2D eigenvalue weighted by Gasteiger charge is -2.21. The highest BCUT2D eigenvalue weighted by atomic mass is 32.2. The van der Waals surface area contributed by atoms with Gasteiger partial charge >= 0.3 is 0 Å². The number of H-pyrrole nitrogens is 1. The van der Waals surface area contributed by atoms with E-state index in [9.17, 15) is 17.2 Å². The van der Waals surface area contributed by atoms with Gasteiger partial charge < -0.3 is 0 Å². The molecule has 1 N–H and O–H groups in total. The second kappa shape index (κ2) is 8.35. The van der Waals surface area contributed by atoms with Gasteiger partial charge in [0.2, 0.25) is 10.0 Å². The molecule has 0 bridgehead atoms. The van der Waals surface area contributed by atoms with Gasteiger partial charge in [0, 0.05) is 41.8 Å². The smallest absolute Gasteiger partial charge is 0.263 e. The number of rotatable bonds is 6. The fourth-order valence-corrected chi connectivity index (χ4v) is 6.36. The van der Waals surface area contributed by atoms with Gasteiger partial charge in [-0.3, -0.25) is 9.78 Å². The Labute approximate surface area is 190 Å². The summed E-state index contributed by atoms with van der Waals surface area (Å²) in [4.78, 5) is -0.0934. The van der Waals surface area contributed by atoms with Gasteiger partial charge in [-0.05, 0) is 49.1 Å². The van der Waals surface area contributed by atoms with Crippen molar-refractivity contribution in [1.82, 2.24) is 24.3 Å². The summed E-state index contributed by atoms with van der Waals surface area (Å²) in [6.07, 6.45) is 3.35. The summed E-state index contributed by atoms with van der Waals surface area (Å²) in [5.41, 5.74) is 2.71. The Bertz CT molecular complexity index is 1390. The van der Waals surface area contributed by atoms with Crippen LogP contribution in [0.1, 0.15) is 25.3 Å². The van der Waals surface area contributed by atoms with E-state index in [0.29, 0.717) is 19.5 Å². The molecule has 1 aliphatic heterocycles. The molecule has 7 nitrogen and oxygen atoms in total. The van der Waals surface area contributed by atoms with Crippen LogP contribution in [0.4, 0.5) is 8.78 Å². The van der Waals surface area contributed by atoms with Crippen molar-refractivity contribution < 1.29 is 17.2 Å². The molecule has 0 saturated carbocycles. The van der Waals surface area contributed by atoms with Gasteiger partial charge in [-0.1, -0.05) is 18.2 Å². The number of benzene rings is 2. The summed E-state index contributed by atoms with van der Waals surface area (Å²) >= 11 is 0. The Balaban J connectivity index is 1.35. The molecule has 1 unspecified atom stereocenters. The van der Waals surface area contributed by atoms with Crippen LogP contribution in [-0.2, 0) is 16.6 Å². The van der Waals surface area contributed by atoms with E-state index >= 15 is 0 Å². The fraction of sp³-hybridized carbons (Fsp3) is 0.304. The average Bonchev–Trinajstić information content (AvgIpc) is 3.54. The van der Waals surface area contributed by atoms with Crippen molar-refractivity contribution in [2.45, 2.75) is 37.3 Å². The first kappa shape index (κ1) is 21.7. The van der Waals surface area contributed by atoms with Crippen LogP contribution >= 0.6 is 0 Å². The minimum Gasteiger partial charge on any atom is -0.285 e. The van der Waals surface area contributed by atoms with Gasteiger partial charge in [0.1, 0.15) is 0 Å². The molecule has 1 saturated heterocycles. The molecule has 2 atom stereocenters. The minimum absolute atomic E-state index is 0.0599. The molecule has 2 aromatic carbocycles. The quantitative estimate of drug-likeness (QED) is 0.450. The lowest BCUT2D eigenvalue weighted by molar-refractivity contribution is 0.151. The van der Waals surface area contributed by atoms with E-state index in [4.69, 9.17) is 0 Å². The number of nitrogens with one attached hydrogen (secondary N) is 1. The topological polar surface area (TPSA) is 83.9 Å². The third-order valence-corrected chi connectivity index (χ3v) is 8.20. The predicted molar refractivity (Wildman–Crippen MR) is 120 cm³/mol. The second-order valence-electron chi connectivity index (χ2n) is 8.49. The number of hydrogen-bond donors (Lipinski definition) is 1. The van der Waals surface area contributed by atoms with Gasteiger partial charge in [0.15, 0.2) is 0 Å². The monoisotopic (exact) mass is 471 g/mol. The van der Waals surface area contributed by atoms with E-state index in [1.165, 1.54) is 22.5 Å². The van der Waals surface area contributed by atoms with Crippen LogP contribution < -0.4 is 0 Å². The SMILES string of the molecule is C[C@H]1CC(Cn2ncc3cc(-c4cn[nH]c4)ccc32)CN1S(=O)(=O)c1cccc(C(F)F)c1. The largest absolute Gasteiger partial charge is 0.285 e. The molecule has 1 fully saturated rings. The summed E-state index contributed by atoms with van der Waals surface area (Å²) in [5, 5.41) is 12.3. The van der Waals surface area contributed by atoms with Crippen molar-refractivity contribution in [2.24, 2.45) is 5.92 Å².